The van der Waals surface area contributed by atoms with Crippen molar-refractivity contribution in [2.75, 3.05) is 6.54 Å². The number of rotatable bonds is 3. The normalized spacial score (nSPS) is 16.3. The van der Waals surface area contributed by atoms with E-state index in [0.717, 1.165) is 29.8 Å². The van der Waals surface area contributed by atoms with Crippen molar-refractivity contribution in [3.63, 3.8) is 0 Å². The van der Waals surface area contributed by atoms with Crippen LogP contribution in [-0.2, 0) is 18.1 Å². The molecule has 1 aromatic heterocycles. The standard InChI is InChI=1S/C15H16B3N5/c1-9(4-12(20)6-19)14(21)23-3-2-13-10(8-23)5-11(7-22-13)15(16,17)18/h4-5,7H,2-3,8,20-21H2,1H3/b12-4-,14-9+. The van der Waals surface area contributed by atoms with Crippen LogP contribution in [0.2, 0.25) is 0 Å². The van der Waals surface area contributed by atoms with E-state index in [9.17, 15) is 0 Å². The Hall–Kier alpha value is -2.29. The van der Waals surface area contributed by atoms with Gasteiger partial charge < -0.3 is 16.4 Å². The van der Waals surface area contributed by atoms with Gasteiger partial charge in [-0.05, 0) is 29.7 Å². The Morgan fingerprint density at radius 3 is 2.74 bits per heavy atom. The fourth-order valence-corrected chi connectivity index (χ4v) is 2.46. The molecule has 6 radical (unpaired) electrons. The lowest BCUT2D eigenvalue weighted by Crippen LogP contribution is -2.35. The molecule has 23 heavy (non-hydrogen) atoms. The number of allylic oxidation sites excluding steroid dienone is 3. The third-order valence-corrected chi connectivity index (χ3v) is 3.79. The largest absolute Gasteiger partial charge is 0.390 e. The van der Waals surface area contributed by atoms with Gasteiger partial charge >= 0.3 is 0 Å². The van der Waals surface area contributed by atoms with Crippen molar-refractivity contribution in [1.29, 1.82) is 5.26 Å². The molecule has 4 N–H and O–H groups in total. The fourth-order valence-electron chi connectivity index (χ4n) is 2.46. The summed E-state index contributed by atoms with van der Waals surface area (Å²) >= 11 is 0. The molecule has 1 aliphatic rings. The lowest BCUT2D eigenvalue weighted by Gasteiger charge is -2.32. The van der Waals surface area contributed by atoms with Gasteiger partial charge in [0, 0.05) is 31.4 Å². The van der Waals surface area contributed by atoms with Crippen molar-refractivity contribution in [2.45, 2.75) is 25.0 Å². The van der Waals surface area contributed by atoms with Crippen LogP contribution in [0.25, 0.3) is 0 Å². The Balaban J connectivity index is 2.29. The van der Waals surface area contributed by atoms with Gasteiger partial charge in [0.25, 0.3) is 0 Å². The number of pyridine rings is 1. The van der Waals surface area contributed by atoms with E-state index >= 15 is 0 Å². The van der Waals surface area contributed by atoms with Crippen LogP contribution in [0.15, 0.2) is 35.4 Å². The summed E-state index contributed by atoms with van der Waals surface area (Å²) in [6, 6.07) is 3.73. The van der Waals surface area contributed by atoms with Crippen LogP contribution in [0.3, 0.4) is 0 Å². The molecular formula is C15H16B3N5. The summed E-state index contributed by atoms with van der Waals surface area (Å²) in [6.45, 7) is 3.10. The van der Waals surface area contributed by atoms with Crippen molar-refractivity contribution in [2.24, 2.45) is 11.5 Å². The Kier molecular flexibility index (Phi) is 4.79. The summed E-state index contributed by atoms with van der Waals surface area (Å²) in [5.74, 6) is 0.568. The van der Waals surface area contributed by atoms with Crippen molar-refractivity contribution in [3.8, 4) is 6.07 Å². The van der Waals surface area contributed by atoms with E-state index in [0.29, 0.717) is 17.9 Å². The molecule has 0 unspecified atom stereocenters. The molecule has 0 aromatic carbocycles. The number of nitrogens with zero attached hydrogens (tertiary/aromatic N) is 3. The fraction of sp³-hybridized carbons (Fsp3) is 0.333. The molecule has 0 aliphatic carbocycles. The molecule has 0 amide bonds. The molecule has 110 valence electrons. The zero-order valence-electron chi connectivity index (χ0n) is 13.1. The quantitative estimate of drug-likeness (QED) is 0.450. The SMILES string of the molecule is [B]C([B])([B])c1cnc2c(c1)CN(/C(N)=C(C)/C=C(\N)C#N)CC2. The van der Waals surface area contributed by atoms with Gasteiger partial charge in [-0.15, -0.1) is 5.11 Å². The summed E-state index contributed by atoms with van der Waals surface area (Å²) in [7, 11) is 17.2. The zero-order valence-corrected chi connectivity index (χ0v) is 13.1. The number of fused-ring (bicyclic) bond motifs is 1. The van der Waals surface area contributed by atoms with E-state index in [4.69, 9.17) is 40.3 Å². The lowest BCUT2D eigenvalue weighted by molar-refractivity contribution is 0.313. The van der Waals surface area contributed by atoms with Crippen LogP contribution < -0.4 is 11.5 Å². The molecule has 0 fully saturated rings. The van der Waals surface area contributed by atoms with Gasteiger partial charge in [0.1, 0.15) is 17.6 Å². The molecule has 0 atom stereocenters. The van der Waals surface area contributed by atoms with Gasteiger partial charge in [0.15, 0.2) is 0 Å². The highest BCUT2D eigenvalue weighted by Gasteiger charge is 2.21. The number of nitrogens with two attached hydrogens (primary N) is 2. The van der Waals surface area contributed by atoms with Crippen molar-refractivity contribution in [3.05, 3.63) is 52.3 Å². The Labute approximate surface area is 140 Å². The van der Waals surface area contributed by atoms with E-state index in [1.165, 1.54) is 0 Å². The van der Waals surface area contributed by atoms with Gasteiger partial charge in [-0.3, -0.25) is 4.98 Å². The first kappa shape index (κ1) is 17.1. The first-order valence-corrected chi connectivity index (χ1v) is 7.16. The highest BCUT2D eigenvalue weighted by Crippen LogP contribution is 2.23. The molecule has 8 heteroatoms. The van der Waals surface area contributed by atoms with Crippen LogP contribution in [0.1, 0.15) is 23.7 Å². The second-order valence-electron chi connectivity index (χ2n) is 5.71. The van der Waals surface area contributed by atoms with Crippen LogP contribution in [0.5, 0.6) is 0 Å². The second kappa shape index (κ2) is 6.45. The van der Waals surface area contributed by atoms with Crippen molar-refractivity contribution >= 4 is 23.5 Å². The highest BCUT2D eigenvalue weighted by atomic mass is 15.2. The molecular weight excluding hydrogens is 283 g/mol. The lowest BCUT2D eigenvalue weighted by atomic mass is 9.40. The van der Waals surface area contributed by atoms with Gasteiger partial charge in [-0.1, -0.05) is 6.07 Å². The van der Waals surface area contributed by atoms with Crippen LogP contribution in [0, 0.1) is 11.3 Å². The molecule has 0 saturated heterocycles. The maximum atomic E-state index is 8.75. The Morgan fingerprint density at radius 1 is 1.43 bits per heavy atom. The number of aromatic nitrogens is 1. The minimum absolute atomic E-state index is 0.117. The van der Waals surface area contributed by atoms with E-state index in [2.05, 4.69) is 4.98 Å². The molecule has 0 saturated carbocycles. The predicted molar refractivity (Wildman–Crippen MR) is 92.1 cm³/mol. The molecule has 1 aliphatic heterocycles. The van der Waals surface area contributed by atoms with E-state index in [1.807, 2.05) is 24.0 Å². The first-order chi connectivity index (χ1) is 10.7. The summed E-state index contributed by atoms with van der Waals surface area (Å²) in [5.41, 5.74) is 15.1. The maximum absolute atomic E-state index is 8.75. The molecule has 0 spiro atoms. The van der Waals surface area contributed by atoms with Crippen molar-refractivity contribution in [1.82, 2.24) is 9.88 Å². The van der Waals surface area contributed by atoms with Gasteiger partial charge in [0.2, 0.25) is 0 Å². The van der Waals surface area contributed by atoms with Crippen LogP contribution in [0.4, 0.5) is 0 Å². The van der Waals surface area contributed by atoms with Gasteiger partial charge in [-0.25, -0.2) is 0 Å². The predicted octanol–water partition coefficient (Wildman–Crippen LogP) is -0.388. The van der Waals surface area contributed by atoms with Gasteiger partial charge in [-0.2, -0.15) is 5.26 Å². The minimum Gasteiger partial charge on any atom is -0.390 e. The van der Waals surface area contributed by atoms with Crippen LogP contribution in [-0.4, -0.2) is 40.0 Å². The van der Waals surface area contributed by atoms with E-state index in [1.54, 1.807) is 12.3 Å². The highest BCUT2D eigenvalue weighted by molar-refractivity contribution is 6.58. The molecule has 1 aromatic rings. The third-order valence-electron chi connectivity index (χ3n) is 3.79. The zero-order chi connectivity index (χ0) is 17.2. The van der Waals surface area contributed by atoms with Crippen molar-refractivity contribution < 1.29 is 0 Å². The smallest absolute Gasteiger partial charge is 0.117 e. The average Bonchev–Trinajstić information content (AvgIpc) is 2.51. The van der Waals surface area contributed by atoms with Crippen LogP contribution >= 0.6 is 0 Å². The first-order valence-electron chi connectivity index (χ1n) is 7.16. The monoisotopic (exact) mass is 299 g/mol. The summed E-state index contributed by atoms with van der Waals surface area (Å²) in [4.78, 5) is 6.38. The topological polar surface area (TPSA) is 92.0 Å². The second-order valence-corrected chi connectivity index (χ2v) is 5.71. The molecule has 2 heterocycles. The summed E-state index contributed by atoms with van der Waals surface area (Å²) in [5, 5.41) is 7.32. The third kappa shape index (κ3) is 3.92. The summed E-state index contributed by atoms with van der Waals surface area (Å²) < 4.78 is 0. The maximum Gasteiger partial charge on any atom is 0.117 e. The van der Waals surface area contributed by atoms with Gasteiger partial charge in [0.05, 0.1) is 23.5 Å². The number of hydrogen-bond acceptors (Lipinski definition) is 5. The van der Waals surface area contributed by atoms with E-state index < -0.39 is 5.11 Å². The number of nitriles is 1. The molecule has 0 bridgehead atoms. The Morgan fingerprint density at radius 2 is 2.13 bits per heavy atom. The number of hydrogen-bond donors (Lipinski definition) is 2. The molecule has 2 rings (SSSR count). The average molecular weight is 299 g/mol. The minimum atomic E-state index is -1.43. The molecule has 5 nitrogen and oxygen atoms in total. The van der Waals surface area contributed by atoms with E-state index in [-0.39, 0.29) is 5.70 Å². The summed E-state index contributed by atoms with van der Waals surface area (Å²) in [6.07, 6.45) is 3.91. The Bertz CT molecular complexity index is 713.